The van der Waals surface area contributed by atoms with Crippen molar-refractivity contribution >= 4 is 11.6 Å². The average Bonchev–Trinajstić information content (AvgIpc) is 2.76. The zero-order valence-corrected chi connectivity index (χ0v) is 17.6. The molecule has 164 valence electrons. The van der Waals surface area contributed by atoms with Crippen LogP contribution in [0.4, 0.5) is 14.5 Å². The number of hydrogen-bond acceptors (Lipinski definition) is 4. The number of amides is 1. The van der Waals surface area contributed by atoms with Crippen LogP contribution in [0.15, 0.2) is 18.2 Å². The van der Waals surface area contributed by atoms with Gasteiger partial charge in [0, 0.05) is 45.1 Å². The van der Waals surface area contributed by atoms with Gasteiger partial charge in [0.05, 0.1) is 11.8 Å². The number of rotatable bonds is 8. The third-order valence-electron chi connectivity index (χ3n) is 6.40. The highest BCUT2D eigenvalue weighted by molar-refractivity contribution is 5.76. The van der Waals surface area contributed by atoms with Gasteiger partial charge in [-0.2, -0.15) is 5.26 Å². The van der Waals surface area contributed by atoms with Crippen LogP contribution in [0.5, 0.6) is 0 Å². The minimum Gasteiger partial charge on any atom is -0.367 e. The molecule has 5 nitrogen and oxygen atoms in total. The summed E-state index contributed by atoms with van der Waals surface area (Å²) in [6, 6.07) is 6.71. The molecule has 0 bridgehead atoms. The van der Waals surface area contributed by atoms with Crippen LogP contribution in [0, 0.1) is 28.9 Å². The highest BCUT2D eigenvalue weighted by Crippen LogP contribution is 2.28. The van der Waals surface area contributed by atoms with Gasteiger partial charge in [-0.25, -0.2) is 8.78 Å². The number of anilines is 1. The van der Waals surface area contributed by atoms with Crippen molar-refractivity contribution in [3.05, 3.63) is 29.8 Å². The molecule has 2 fully saturated rings. The van der Waals surface area contributed by atoms with Crippen molar-refractivity contribution in [1.29, 1.82) is 5.26 Å². The van der Waals surface area contributed by atoms with Crippen LogP contribution >= 0.6 is 0 Å². The molecule has 0 radical (unpaired) electrons. The summed E-state index contributed by atoms with van der Waals surface area (Å²) in [5.41, 5.74) is 0.364. The molecule has 1 aromatic rings. The SMILES string of the molecule is N#CCCCC(=O)NC1CCC(CCN2CCN(c3cccc(F)c3F)CC2)CC1. The molecular formula is C23H32F2N4O. The molecule has 1 aliphatic carbocycles. The molecule has 1 aliphatic heterocycles. The molecule has 3 rings (SSSR count). The van der Waals surface area contributed by atoms with Gasteiger partial charge in [0.1, 0.15) is 0 Å². The fraction of sp³-hybridized carbons (Fsp3) is 0.652. The minimum atomic E-state index is -0.788. The van der Waals surface area contributed by atoms with E-state index in [1.54, 1.807) is 12.1 Å². The topological polar surface area (TPSA) is 59.4 Å². The van der Waals surface area contributed by atoms with Crippen LogP contribution in [0.3, 0.4) is 0 Å². The maximum atomic E-state index is 14.0. The van der Waals surface area contributed by atoms with E-state index in [1.807, 2.05) is 4.90 Å². The molecule has 0 aromatic heterocycles. The van der Waals surface area contributed by atoms with Crippen LogP contribution in [0.2, 0.25) is 0 Å². The van der Waals surface area contributed by atoms with Gasteiger partial charge < -0.3 is 10.2 Å². The fourth-order valence-corrected chi connectivity index (χ4v) is 4.54. The standard InChI is InChI=1S/C23H32F2N4O/c24-20-4-3-5-21(23(20)25)29-16-14-28(15-17-29)13-11-18-7-9-19(10-8-18)27-22(30)6-1-2-12-26/h3-5,18-19H,1-2,6-11,13-17H2,(H,27,30). The first-order valence-corrected chi connectivity index (χ1v) is 11.1. The Bertz CT molecular complexity index is 735. The Kier molecular flexibility index (Phi) is 8.44. The summed E-state index contributed by atoms with van der Waals surface area (Å²) < 4.78 is 27.5. The van der Waals surface area contributed by atoms with E-state index < -0.39 is 11.6 Å². The molecule has 1 aromatic carbocycles. The van der Waals surface area contributed by atoms with Gasteiger partial charge >= 0.3 is 0 Å². The Morgan fingerprint density at radius 2 is 1.87 bits per heavy atom. The van der Waals surface area contributed by atoms with E-state index in [0.717, 1.165) is 57.8 Å². The smallest absolute Gasteiger partial charge is 0.220 e. The second kappa shape index (κ2) is 11.3. The number of nitriles is 1. The lowest BCUT2D eigenvalue weighted by molar-refractivity contribution is -0.122. The first kappa shape index (κ1) is 22.5. The quantitative estimate of drug-likeness (QED) is 0.652. The van der Waals surface area contributed by atoms with Gasteiger partial charge in [-0.3, -0.25) is 9.69 Å². The summed E-state index contributed by atoms with van der Waals surface area (Å²) in [7, 11) is 0. The number of nitrogens with one attached hydrogen (secondary N) is 1. The number of carbonyl (C=O) groups is 1. The third kappa shape index (κ3) is 6.40. The Balaban J connectivity index is 1.32. The Labute approximate surface area is 178 Å². The maximum Gasteiger partial charge on any atom is 0.220 e. The number of unbranched alkanes of at least 4 members (excludes halogenated alkanes) is 1. The molecule has 1 heterocycles. The summed E-state index contributed by atoms with van der Waals surface area (Å²) in [5, 5.41) is 11.7. The molecule has 0 spiro atoms. The first-order valence-electron chi connectivity index (χ1n) is 11.1. The van der Waals surface area contributed by atoms with Gasteiger partial charge in [0.15, 0.2) is 11.6 Å². The van der Waals surface area contributed by atoms with Gasteiger partial charge in [-0.15, -0.1) is 0 Å². The van der Waals surface area contributed by atoms with E-state index in [4.69, 9.17) is 5.26 Å². The molecule has 0 unspecified atom stereocenters. The molecule has 1 saturated heterocycles. The summed E-state index contributed by atoms with van der Waals surface area (Å²) in [5.74, 6) is -0.777. The zero-order valence-electron chi connectivity index (χ0n) is 17.6. The number of nitrogens with zero attached hydrogens (tertiary/aromatic N) is 3. The van der Waals surface area contributed by atoms with Crippen molar-refractivity contribution < 1.29 is 13.6 Å². The predicted octanol–water partition coefficient (Wildman–Crippen LogP) is 3.85. The Hall–Kier alpha value is -2.20. The van der Waals surface area contributed by atoms with Crippen LogP contribution in [-0.2, 0) is 4.79 Å². The monoisotopic (exact) mass is 418 g/mol. The van der Waals surface area contributed by atoms with Crippen LogP contribution in [0.1, 0.15) is 51.4 Å². The number of hydrogen-bond donors (Lipinski definition) is 1. The summed E-state index contributed by atoms with van der Waals surface area (Å²) in [6.07, 6.45) is 7.00. The van der Waals surface area contributed by atoms with Gasteiger partial charge in [0.25, 0.3) is 0 Å². The second-order valence-electron chi connectivity index (χ2n) is 8.49. The number of halogens is 2. The molecule has 2 aliphatic rings. The van der Waals surface area contributed by atoms with Crippen LogP contribution in [-0.4, -0.2) is 49.6 Å². The highest BCUT2D eigenvalue weighted by Gasteiger charge is 2.24. The molecule has 1 N–H and O–H groups in total. The Morgan fingerprint density at radius 1 is 1.13 bits per heavy atom. The minimum absolute atomic E-state index is 0.0707. The largest absolute Gasteiger partial charge is 0.367 e. The van der Waals surface area contributed by atoms with Crippen molar-refractivity contribution in [1.82, 2.24) is 10.2 Å². The van der Waals surface area contributed by atoms with Crippen LogP contribution < -0.4 is 10.2 Å². The van der Waals surface area contributed by atoms with Crippen molar-refractivity contribution in [3.8, 4) is 6.07 Å². The number of piperazine rings is 1. The molecule has 0 atom stereocenters. The van der Waals surface area contributed by atoms with Crippen molar-refractivity contribution in [2.24, 2.45) is 5.92 Å². The number of benzene rings is 1. The maximum absolute atomic E-state index is 14.0. The molecule has 1 amide bonds. The van der Waals surface area contributed by atoms with Crippen molar-refractivity contribution in [2.45, 2.75) is 57.4 Å². The van der Waals surface area contributed by atoms with Crippen LogP contribution in [0.25, 0.3) is 0 Å². The first-order chi connectivity index (χ1) is 14.6. The Morgan fingerprint density at radius 3 is 2.57 bits per heavy atom. The molecule has 7 heteroatoms. The van der Waals surface area contributed by atoms with Crippen molar-refractivity contribution in [3.63, 3.8) is 0 Å². The zero-order chi connectivity index (χ0) is 21.3. The predicted molar refractivity (Wildman–Crippen MR) is 113 cm³/mol. The van der Waals surface area contributed by atoms with E-state index in [2.05, 4.69) is 16.3 Å². The van der Waals surface area contributed by atoms with E-state index in [-0.39, 0.29) is 11.9 Å². The van der Waals surface area contributed by atoms with E-state index in [0.29, 0.717) is 44.0 Å². The number of carbonyl (C=O) groups excluding carboxylic acids is 1. The van der Waals surface area contributed by atoms with Gasteiger partial charge in [-0.1, -0.05) is 6.07 Å². The lowest BCUT2D eigenvalue weighted by atomic mass is 9.84. The highest BCUT2D eigenvalue weighted by atomic mass is 19.2. The second-order valence-corrected chi connectivity index (χ2v) is 8.49. The third-order valence-corrected chi connectivity index (χ3v) is 6.40. The van der Waals surface area contributed by atoms with Gasteiger partial charge in [-0.05, 0) is 63.1 Å². The molecule has 30 heavy (non-hydrogen) atoms. The van der Waals surface area contributed by atoms with E-state index >= 15 is 0 Å². The summed E-state index contributed by atoms with van der Waals surface area (Å²) in [4.78, 5) is 16.2. The average molecular weight is 419 g/mol. The lowest BCUT2D eigenvalue weighted by Crippen LogP contribution is -2.47. The van der Waals surface area contributed by atoms with Gasteiger partial charge in [0.2, 0.25) is 5.91 Å². The molecule has 1 saturated carbocycles. The van der Waals surface area contributed by atoms with Crippen molar-refractivity contribution in [2.75, 3.05) is 37.6 Å². The molecular weight excluding hydrogens is 386 g/mol. The summed E-state index contributed by atoms with van der Waals surface area (Å²) >= 11 is 0. The fourth-order valence-electron chi connectivity index (χ4n) is 4.54. The normalized spacial score (nSPS) is 22.5. The summed E-state index contributed by atoms with van der Waals surface area (Å²) in [6.45, 7) is 4.19. The van der Waals surface area contributed by atoms with E-state index in [9.17, 15) is 13.6 Å². The lowest BCUT2D eigenvalue weighted by Gasteiger charge is -2.37. The van der Waals surface area contributed by atoms with E-state index in [1.165, 1.54) is 0 Å².